The number of hydrogen-bond acceptors (Lipinski definition) is 6. The van der Waals surface area contributed by atoms with E-state index in [4.69, 9.17) is 18.9 Å². The number of aliphatic hydroxyl groups is 1. The topological polar surface area (TPSA) is 86.3 Å². The quantitative estimate of drug-likeness (QED) is 0.784. The van der Waals surface area contributed by atoms with Gasteiger partial charge < -0.3 is 29.4 Å². The van der Waals surface area contributed by atoms with E-state index in [9.17, 15) is 9.90 Å². The molecule has 1 atom stereocenters. The molecule has 2 aromatic carbocycles. The van der Waals surface area contributed by atoms with Crippen LogP contribution in [-0.4, -0.2) is 38.1 Å². The van der Waals surface area contributed by atoms with Crippen LogP contribution in [0.5, 0.6) is 23.0 Å². The highest BCUT2D eigenvalue weighted by Crippen LogP contribution is 2.35. The Labute approximate surface area is 151 Å². The molecule has 1 aliphatic rings. The highest BCUT2D eigenvalue weighted by Gasteiger charge is 2.26. The van der Waals surface area contributed by atoms with Gasteiger partial charge in [0.25, 0.3) is 5.91 Å². The van der Waals surface area contributed by atoms with Gasteiger partial charge in [0.15, 0.2) is 18.1 Å². The van der Waals surface area contributed by atoms with Crippen LogP contribution in [-0.2, 0) is 10.4 Å². The Hall–Kier alpha value is -2.93. The van der Waals surface area contributed by atoms with Crippen molar-refractivity contribution in [3.05, 3.63) is 48.0 Å². The van der Waals surface area contributed by atoms with Crippen LogP contribution < -0.4 is 24.3 Å². The predicted molar refractivity (Wildman–Crippen MR) is 93.6 cm³/mol. The third kappa shape index (κ3) is 4.18. The molecule has 0 saturated carbocycles. The van der Waals surface area contributed by atoms with Crippen molar-refractivity contribution < 1.29 is 28.8 Å². The van der Waals surface area contributed by atoms with Crippen molar-refractivity contribution in [2.24, 2.45) is 0 Å². The van der Waals surface area contributed by atoms with Crippen LogP contribution >= 0.6 is 0 Å². The molecule has 138 valence electrons. The molecule has 1 unspecified atom stereocenters. The first-order valence-electron chi connectivity index (χ1n) is 8.14. The van der Waals surface area contributed by atoms with Crippen molar-refractivity contribution in [2.45, 2.75) is 12.5 Å². The first kappa shape index (κ1) is 17.9. The van der Waals surface area contributed by atoms with E-state index in [1.807, 2.05) is 0 Å². The lowest BCUT2D eigenvalue weighted by atomic mass is 9.95. The summed E-state index contributed by atoms with van der Waals surface area (Å²) in [4.78, 5) is 12.0. The van der Waals surface area contributed by atoms with Gasteiger partial charge in [0.1, 0.15) is 17.1 Å². The van der Waals surface area contributed by atoms with Gasteiger partial charge in [-0.3, -0.25) is 4.79 Å². The van der Waals surface area contributed by atoms with Crippen LogP contribution in [0.25, 0.3) is 0 Å². The predicted octanol–water partition coefficient (Wildman–Crippen LogP) is 1.83. The van der Waals surface area contributed by atoms with Crippen molar-refractivity contribution in [3.8, 4) is 23.0 Å². The Morgan fingerprint density at radius 2 is 1.96 bits per heavy atom. The number of ether oxygens (including phenoxy) is 4. The Morgan fingerprint density at radius 3 is 2.77 bits per heavy atom. The Balaban J connectivity index is 1.53. The Morgan fingerprint density at radius 1 is 1.19 bits per heavy atom. The fraction of sp³-hybridized carbons (Fsp3) is 0.316. The van der Waals surface area contributed by atoms with E-state index in [1.165, 1.54) is 0 Å². The number of methoxy groups -OCH3 is 1. The fourth-order valence-corrected chi connectivity index (χ4v) is 2.50. The molecular weight excluding hydrogens is 338 g/mol. The molecule has 1 amide bonds. The van der Waals surface area contributed by atoms with Crippen molar-refractivity contribution >= 4 is 5.91 Å². The molecule has 7 nitrogen and oxygen atoms in total. The summed E-state index contributed by atoms with van der Waals surface area (Å²) >= 11 is 0. The zero-order valence-corrected chi connectivity index (χ0v) is 14.7. The highest BCUT2D eigenvalue weighted by atomic mass is 16.7. The van der Waals surface area contributed by atoms with Gasteiger partial charge in [-0.1, -0.05) is 12.1 Å². The lowest BCUT2D eigenvalue weighted by Gasteiger charge is -2.24. The molecule has 26 heavy (non-hydrogen) atoms. The zero-order valence-electron chi connectivity index (χ0n) is 14.7. The first-order chi connectivity index (χ1) is 12.5. The van der Waals surface area contributed by atoms with Gasteiger partial charge >= 0.3 is 0 Å². The molecule has 7 heteroatoms. The maximum absolute atomic E-state index is 12.0. The molecule has 0 spiro atoms. The lowest BCUT2D eigenvalue weighted by Crippen LogP contribution is -2.40. The second-order valence-corrected chi connectivity index (χ2v) is 6.09. The third-order valence-corrected chi connectivity index (χ3v) is 4.04. The van der Waals surface area contributed by atoms with Crippen LogP contribution in [0.2, 0.25) is 0 Å². The summed E-state index contributed by atoms with van der Waals surface area (Å²) in [5, 5.41) is 13.3. The summed E-state index contributed by atoms with van der Waals surface area (Å²) in [6.45, 7) is 1.66. The molecule has 0 aromatic heterocycles. The molecule has 0 radical (unpaired) electrons. The summed E-state index contributed by atoms with van der Waals surface area (Å²) in [5.41, 5.74) is -0.636. The van der Waals surface area contributed by atoms with E-state index in [2.05, 4.69) is 5.32 Å². The van der Waals surface area contributed by atoms with Crippen molar-refractivity contribution in [1.82, 2.24) is 5.32 Å². The van der Waals surface area contributed by atoms with Gasteiger partial charge in [-0.25, -0.2) is 0 Å². The van der Waals surface area contributed by atoms with Crippen molar-refractivity contribution in [3.63, 3.8) is 0 Å². The molecule has 0 aliphatic carbocycles. The number of fused-ring (bicyclic) bond motifs is 1. The Bertz CT molecular complexity index is 789. The maximum Gasteiger partial charge on any atom is 0.258 e. The second kappa shape index (κ2) is 7.53. The SMILES string of the molecule is COc1cccc(OCC(=O)NCC(C)(O)c2ccc3c(c2)OCO3)c1. The van der Waals surface area contributed by atoms with E-state index in [-0.39, 0.29) is 25.9 Å². The maximum atomic E-state index is 12.0. The average Bonchev–Trinajstić information content (AvgIpc) is 3.13. The number of nitrogens with one attached hydrogen (secondary N) is 1. The van der Waals surface area contributed by atoms with Gasteiger partial charge in [0.05, 0.1) is 13.7 Å². The van der Waals surface area contributed by atoms with Gasteiger partial charge in [-0.05, 0) is 36.8 Å². The number of benzene rings is 2. The lowest BCUT2D eigenvalue weighted by molar-refractivity contribution is -0.124. The number of carbonyl (C=O) groups excluding carboxylic acids is 1. The van der Waals surface area contributed by atoms with Crippen LogP contribution in [0, 0.1) is 0 Å². The van der Waals surface area contributed by atoms with Crippen molar-refractivity contribution in [1.29, 1.82) is 0 Å². The van der Waals surface area contributed by atoms with E-state index in [1.54, 1.807) is 56.5 Å². The summed E-state index contributed by atoms with van der Waals surface area (Å²) in [6, 6.07) is 12.2. The molecule has 0 fully saturated rings. The van der Waals surface area contributed by atoms with E-state index in [0.717, 1.165) is 0 Å². The van der Waals surface area contributed by atoms with Gasteiger partial charge in [0.2, 0.25) is 6.79 Å². The molecule has 2 aromatic rings. The van der Waals surface area contributed by atoms with Crippen LogP contribution in [0.3, 0.4) is 0 Å². The summed E-state index contributed by atoms with van der Waals surface area (Å²) in [6.07, 6.45) is 0. The van der Waals surface area contributed by atoms with Crippen molar-refractivity contribution in [2.75, 3.05) is 27.1 Å². The minimum atomic E-state index is -1.26. The highest BCUT2D eigenvalue weighted by molar-refractivity contribution is 5.77. The molecule has 1 aliphatic heterocycles. The minimum Gasteiger partial charge on any atom is -0.497 e. The summed E-state index contributed by atoms with van der Waals surface area (Å²) in [5.74, 6) is 2.06. The number of carbonyl (C=O) groups is 1. The largest absolute Gasteiger partial charge is 0.497 e. The number of amides is 1. The van der Waals surface area contributed by atoms with Crippen LogP contribution in [0.1, 0.15) is 12.5 Å². The molecule has 0 bridgehead atoms. The Kier molecular flexibility index (Phi) is 5.18. The normalized spacial score (nSPS) is 14.4. The second-order valence-electron chi connectivity index (χ2n) is 6.09. The molecule has 2 N–H and O–H groups in total. The third-order valence-electron chi connectivity index (χ3n) is 4.04. The van der Waals surface area contributed by atoms with E-state index < -0.39 is 5.60 Å². The summed E-state index contributed by atoms with van der Waals surface area (Å²) in [7, 11) is 1.56. The number of hydrogen-bond donors (Lipinski definition) is 2. The first-order valence-corrected chi connectivity index (χ1v) is 8.14. The summed E-state index contributed by atoms with van der Waals surface area (Å²) < 4.78 is 21.1. The standard InChI is InChI=1S/C19H21NO6/c1-19(22,13-6-7-16-17(8-13)26-12-25-16)11-20-18(21)10-24-15-5-3-4-14(9-15)23-2/h3-9,22H,10-12H2,1-2H3,(H,20,21). The monoisotopic (exact) mass is 359 g/mol. The molecule has 0 saturated heterocycles. The van der Waals surface area contributed by atoms with E-state index in [0.29, 0.717) is 28.6 Å². The molecule has 1 heterocycles. The van der Waals surface area contributed by atoms with Gasteiger partial charge in [-0.2, -0.15) is 0 Å². The molecular formula is C19H21NO6. The zero-order chi connectivity index (χ0) is 18.6. The van der Waals surface area contributed by atoms with Crippen LogP contribution in [0.15, 0.2) is 42.5 Å². The van der Waals surface area contributed by atoms with Gasteiger partial charge in [0, 0.05) is 6.07 Å². The average molecular weight is 359 g/mol. The van der Waals surface area contributed by atoms with Crippen LogP contribution in [0.4, 0.5) is 0 Å². The fourth-order valence-electron chi connectivity index (χ4n) is 2.50. The minimum absolute atomic E-state index is 0.0347. The van der Waals surface area contributed by atoms with E-state index >= 15 is 0 Å². The smallest absolute Gasteiger partial charge is 0.258 e. The van der Waals surface area contributed by atoms with Gasteiger partial charge in [-0.15, -0.1) is 0 Å². The molecule has 3 rings (SSSR count). The number of rotatable bonds is 7.